The molecule has 142 valence electrons. The van der Waals surface area contributed by atoms with Crippen LogP contribution >= 0.6 is 0 Å². The number of nitrogens with one attached hydrogen (secondary N) is 1. The van der Waals surface area contributed by atoms with Gasteiger partial charge >= 0.3 is 6.18 Å². The minimum absolute atomic E-state index is 0.0720. The zero-order valence-corrected chi connectivity index (χ0v) is 14.7. The highest BCUT2D eigenvalue weighted by molar-refractivity contribution is 5.43. The highest BCUT2D eigenvalue weighted by atomic mass is 19.4. The lowest BCUT2D eigenvalue weighted by Crippen LogP contribution is -2.19. The van der Waals surface area contributed by atoms with Crippen LogP contribution in [0.5, 0.6) is 11.5 Å². The molecule has 1 aromatic heterocycles. The van der Waals surface area contributed by atoms with Gasteiger partial charge in [0, 0.05) is 12.5 Å². The molecule has 1 heterocycles. The summed E-state index contributed by atoms with van der Waals surface area (Å²) in [5.41, 5.74) is 0.879. The van der Waals surface area contributed by atoms with E-state index in [9.17, 15) is 13.2 Å². The Hall–Kier alpha value is -2.15. The molecule has 0 aliphatic heterocycles. The molecule has 1 fully saturated rings. The molecule has 0 saturated heterocycles. The fourth-order valence-electron chi connectivity index (χ4n) is 2.84. The Morgan fingerprint density at radius 1 is 1.15 bits per heavy atom. The van der Waals surface area contributed by atoms with Crippen LogP contribution in [-0.4, -0.2) is 19.9 Å². The molecule has 2 atom stereocenters. The third-order valence-corrected chi connectivity index (χ3v) is 4.41. The molecule has 2 aromatic rings. The van der Waals surface area contributed by atoms with E-state index in [2.05, 4.69) is 12.2 Å². The molecular weight excluding hydrogens is 347 g/mol. The zero-order chi connectivity index (χ0) is 18.7. The Labute approximate surface area is 150 Å². The maximum Gasteiger partial charge on any atom is 0.422 e. The molecule has 1 aliphatic carbocycles. The van der Waals surface area contributed by atoms with Gasteiger partial charge in [0.05, 0.1) is 13.7 Å². The monoisotopic (exact) mass is 369 g/mol. The Bertz CT molecular complexity index is 742. The molecule has 2 unspecified atom stereocenters. The Morgan fingerprint density at radius 3 is 2.58 bits per heavy atom. The summed E-state index contributed by atoms with van der Waals surface area (Å²) in [4.78, 5) is 0. The molecule has 0 amide bonds. The largest absolute Gasteiger partial charge is 0.493 e. The first-order valence-corrected chi connectivity index (χ1v) is 8.51. The van der Waals surface area contributed by atoms with E-state index in [1.165, 1.54) is 19.6 Å². The fraction of sp³-hybridized carbons (Fsp3) is 0.474. The van der Waals surface area contributed by atoms with Crippen molar-refractivity contribution in [3.05, 3.63) is 47.4 Å². The summed E-state index contributed by atoms with van der Waals surface area (Å²) in [5, 5.41) is 3.26. The molecular formula is C19H22F3NO3. The van der Waals surface area contributed by atoms with Gasteiger partial charge in [-0.2, -0.15) is 13.2 Å². The van der Waals surface area contributed by atoms with Crippen molar-refractivity contribution < 1.29 is 27.1 Å². The second-order valence-corrected chi connectivity index (χ2v) is 6.62. The summed E-state index contributed by atoms with van der Waals surface area (Å²) in [7, 11) is 1.40. The number of methoxy groups -OCH3 is 1. The van der Waals surface area contributed by atoms with E-state index in [0.29, 0.717) is 24.9 Å². The molecule has 26 heavy (non-hydrogen) atoms. The predicted octanol–water partition coefficient (Wildman–Crippen LogP) is 4.64. The van der Waals surface area contributed by atoms with Gasteiger partial charge in [0.25, 0.3) is 0 Å². The lowest BCUT2D eigenvalue weighted by Gasteiger charge is -2.13. The van der Waals surface area contributed by atoms with Crippen molar-refractivity contribution >= 4 is 0 Å². The fourth-order valence-corrected chi connectivity index (χ4v) is 2.84. The van der Waals surface area contributed by atoms with Crippen molar-refractivity contribution in [3.8, 4) is 11.5 Å². The number of alkyl halides is 3. The van der Waals surface area contributed by atoms with Gasteiger partial charge in [-0.05, 0) is 42.2 Å². The van der Waals surface area contributed by atoms with Crippen LogP contribution in [0.25, 0.3) is 0 Å². The Balaban J connectivity index is 1.52. The molecule has 1 N–H and O–H groups in total. The summed E-state index contributed by atoms with van der Waals surface area (Å²) >= 11 is 0. The van der Waals surface area contributed by atoms with Gasteiger partial charge < -0.3 is 19.2 Å². The molecule has 1 saturated carbocycles. The van der Waals surface area contributed by atoms with Crippen molar-refractivity contribution in [1.82, 2.24) is 5.32 Å². The van der Waals surface area contributed by atoms with Gasteiger partial charge in [-0.3, -0.25) is 0 Å². The molecule has 3 rings (SSSR count). The predicted molar refractivity (Wildman–Crippen MR) is 90.3 cm³/mol. The van der Waals surface area contributed by atoms with Crippen LogP contribution in [0, 0.1) is 5.92 Å². The Morgan fingerprint density at radius 2 is 1.92 bits per heavy atom. The number of rotatable bonds is 8. The summed E-state index contributed by atoms with van der Waals surface area (Å²) in [5.74, 6) is 3.52. The Kier molecular flexibility index (Phi) is 5.46. The van der Waals surface area contributed by atoms with Crippen molar-refractivity contribution in [1.29, 1.82) is 0 Å². The topological polar surface area (TPSA) is 43.6 Å². The number of halogens is 3. The molecule has 0 spiro atoms. The maximum absolute atomic E-state index is 12.3. The quantitative estimate of drug-likeness (QED) is 0.736. The van der Waals surface area contributed by atoms with Crippen molar-refractivity contribution in [2.24, 2.45) is 5.92 Å². The lowest BCUT2D eigenvalue weighted by atomic mass is 10.2. The van der Waals surface area contributed by atoms with E-state index in [1.54, 1.807) is 12.1 Å². The number of ether oxygens (including phenoxy) is 2. The first kappa shape index (κ1) is 18.6. The molecule has 1 aliphatic rings. The van der Waals surface area contributed by atoms with Crippen LogP contribution in [0.3, 0.4) is 0 Å². The van der Waals surface area contributed by atoms with Crippen LogP contribution in [0.15, 0.2) is 34.7 Å². The summed E-state index contributed by atoms with van der Waals surface area (Å²) in [6.45, 7) is 1.98. The third-order valence-electron chi connectivity index (χ3n) is 4.41. The molecule has 4 nitrogen and oxygen atoms in total. The van der Waals surface area contributed by atoms with E-state index < -0.39 is 12.8 Å². The van der Waals surface area contributed by atoms with E-state index >= 15 is 0 Å². The second kappa shape index (κ2) is 7.61. The van der Waals surface area contributed by atoms with E-state index in [-0.39, 0.29) is 11.5 Å². The first-order valence-electron chi connectivity index (χ1n) is 8.51. The number of benzene rings is 1. The smallest absolute Gasteiger partial charge is 0.422 e. The molecule has 7 heteroatoms. The van der Waals surface area contributed by atoms with Gasteiger partial charge in [0.1, 0.15) is 11.5 Å². The summed E-state index contributed by atoms with van der Waals surface area (Å²) in [6.07, 6.45) is -3.20. The van der Waals surface area contributed by atoms with Gasteiger partial charge in [-0.15, -0.1) is 0 Å². The molecule has 1 aromatic carbocycles. The summed E-state index contributed by atoms with van der Waals surface area (Å²) < 4.78 is 52.6. The summed E-state index contributed by atoms with van der Waals surface area (Å²) in [6, 6.07) is 8.86. The molecule has 0 bridgehead atoms. The minimum Gasteiger partial charge on any atom is -0.493 e. The minimum atomic E-state index is -4.38. The average molecular weight is 369 g/mol. The lowest BCUT2D eigenvalue weighted by molar-refractivity contribution is -0.153. The zero-order valence-electron chi connectivity index (χ0n) is 14.7. The number of hydrogen-bond acceptors (Lipinski definition) is 4. The van der Waals surface area contributed by atoms with Crippen molar-refractivity contribution in [3.63, 3.8) is 0 Å². The maximum atomic E-state index is 12.3. The second-order valence-electron chi connectivity index (χ2n) is 6.62. The first-order chi connectivity index (χ1) is 12.4. The van der Waals surface area contributed by atoms with Gasteiger partial charge in [0.2, 0.25) is 0 Å². The molecule has 0 radical (unpaired) electrons. The van der Waals surface area contributed by atoms with Crippen molar-refractivity contribution in [2.75, 3.05) is 13.7 Å². The van der Waals surface area contributed by atoms with Crippen molar-refractivity contribution in [2.45, 2.75) is 38.5 Å². The van der Waals surface area contributed by atoms with Gasteiger partial charge in [0.15, 0.2) is 18.1 Å². The number of furan rings is 1. The number of hydrogen-bond donors (Lipinski definition) is 1. The average Bonchev–Trinajstić information content (AvgIpc) is 3.14. The normalized spacial score (nSPS) is 19.4. The van der Waals surface area contributed by atoms with E-state index in [0.717, 1.165) is 17.1 Å². The van der Waals surface area contributed by atoms with Crippen LogP contribution in [0.1, 0.15) is 36.3 Å². The van der Waals surface area contributed by atoms with E-state index in [1.807, 2.05) is 12.1 Å². The third kappa shape index (κ3) is 4.94. The highest BCUT2D eigenvalue weighted by Crippen LogP contribution is 2.47. The van der Waals surface area contributed by atoms with Crippen LogP contribution in [0.2, 0.25) is 0 Å². The van der Waals surface area contributed by atoms with Crippen LogP contribution in [-0.2, 0) is 13.1 Å². The van der Waals surface area contributed by atoms with Crippen LogP contribution < -0.4 is 14.8 Å². The van der Waals surface area contributed by atoms with Crippen LogP contribution in [0.4, 0.5) is 13.2 Å². The van der Waals surface area contributed by atoms with Gasteiger partial charge in [-0.25, -0.2) is 0 Å². The van der Waals surface area contributed by atoms with E-state index in [4.69, 9.17) is 13.9 Å². The van der Waals surface area contributed by atoms with Gasteiger partial charge in [-0.1, -0.05) is 13.0 Å². The highest BCUT2D eigenvalue weighted by Gasteiger charge is 2.36. The SMILES string of the molecule is COc1cc(CNCc2ccc(C3CC3C)o2)ccc1OCC(F)(F)F. The standard InChI is InChI=1S/C19H22F3NO3/c1-12-7-15(12)16-6-4-14(26-16)10-23-9-13-3-5-17(18(8-13)24-2)25-11-19(20,21)22/h3-6,8,12,15,23H,7,9-11H2,1-2H3.